The molecule has 0 bridgehead atoms. The molecular weight excluding hydrogens is 327 g/mol. The van der Waals surface area contributed by atoms with Crippen molar-refractivity contribution in [2.24, 2.45) is 5.92 Å². The van der Waals surface area contributed by atoms with Crippen LogP contribution in [0.25, 0.3) is 0 Å². The fraction of sp³-hybridized carbons (Fsp3) is 0.409. The Morgan fingerprint density at radius 2 is 1.96 bits per heavy atom. The Bertz CT molecular complexity index is 801. The zero-order valence-corrected chi connectivity index (χ0v) is 15.8. The first-order valence-corrected chi connectivity index (χ1v) is 9.25. The van der Waals surface area contributed by atoms with Crippen LogP contribution in [0.1, 0.15) is 46.5 Å². The minimum atomic E-state index is -0.547. The highest BCUT2D eigenvalue weighted by Gasteiger charge is 2.15. The summed E-state index contributed by atoms with van der Waals surface area (Å²) in [5, 5.41) is 2.95. The number of nitrogens with zero attached hydrogens (tertiary/aromatic N) is 1. The zero-order chi connectivity index (χ0) is 18.7. The Morgan fingerprint density at radius 3 is 2.69 bits per heavy atom. The summed E-state index contributed by atoms with van der Waals surface area (Å²) in [4.78, 5) is 14.9. The summed E-state index contributed by atoms with van der Waals surface area (Å²) in [6.45, 7) is 5.63. The highest BCUT2D eigenvalue weighted by molar-refractivity contribution is 6.04. The molecule has 0 spiro atoms. The van der Waals surface area contributed by atoms with Gasteiger partial charge >= 0.3 is 0 Å². The monoisotopic (exact) mass is 354 g/mol. The standard InChI is InChI=1S/C22H27FN2O/c1-15(2)10-17-4-5-18(11-19(17)13-23)22(26)24-21-7-6-16-8-9-25(3)14-20(16)12-21/h4-7,11-12,15H,8-10,13-14H2,1-3H3,(H,24,26). The summed E-state index contributed by atoms with van der Waals surface area (Å²) >= 11 is 0. The second-order valence-corrected chi connectivity index (χ2v) is 7.64. The van der Waals surface area contributed by atoms with Crippen molar-refractivity contribution in [3.63, 3.8) is 0 Å². The molecule has 4 heteroatoms. The van der Waals surface area contributed by atoms with Crippen molar-refractivity contribution in [3.05, 3.63) is 64.2 Å². The van der Waals surface area contributed by atoms with Gasteiger partial charge in [-0.25, -0.2) is 4.39 Å². The minimum Gasteiger partial charge on any atom is -0.322 e. The van der Waals surface area contributed by atoms with Gasteiger partial charge in [-0.1, -0.05) is 26.0 Å². The predicted molar refractivity (Wildman–Crippen MR) is 104 cm³/mol. The molecule has 0 fully saturated rings. The van der Waals surface area contributed by atoms with Crippen molar-refractivity contribution in [1.29, 1.82) is 0 Å². The minimum absolute atomic E-state index is 0.195. The van der Waals surface area contributed by atoms with Crippen LogP contribution in [0.4, 0.5) is 10.1 Å². The molecule has 26 heavy (non-hydrogen) atoms. The number of anilines is 1. The van der Waals surface area contributed by atoms with E-state index in [4.69, 9.17) is 0 Å². The summed E-state index contributed by atoms with van der Waals surface area (Å²) in [5.41, 5.74) is 5.48. The molecule has 0 aromatic heterocycles. The number of rotatable bonds is 5. The number of carbonyl (C=O) groups is 1. The first kappa shape index (κ1) is 18.6. The first-order valence-electron chi connectivity index (χ1n) is 9.25. The number of hydrogen-bond donors (Lipinski definition) is 1. The third kappa shape index (κ3) is 4.31. The van der Waals surface area contributed by atoms with Crippen LogP contribution in [-0.4, -0.2) is 24.4 Å². The van der Waals surface area contributed by atoms with Crippen molar-refractivity contribution in [3.8, 4) is 0 Å². The molecular formula is C22H27FN2O. The summed E-state index contributed by atoms with van der Waals surface area (Å²) in [5.74, 6) is 0.258. The van der Waals surface area contributed by atoms with Gasteiger partial charge in [-0.05, 0) is 72.3 Å². The lowest BCUT2D eigenvalue weighted by molar-refractivity contribution is 0.102. The van der Waals surface area contributed by atoms with Crippen LogP contribution in [0.3, 0.4) is 0 Å². The van der Waals surface area contributed by atoms with Crippen LogP contribution in [0.15, 0.2) is 36.4 Å². The maximum Gasteiger partial charge on any atom is 0.255 e. The third-order valence-electron chi connectivity index (χ3n) is 4.91. The van der Waals surface area contributed by atoms with Gasteiger partial charge in [-0.15, -0.1) is 0 Å². The van der Waals surface area contributed by atoms with Gasteiger partial charge in [-0.2, -0.15) is 0 Å². The maximum atomic E-state index is 13.4. The average molecular weight is 354 g/mol. The number of hydrogen-bond acceptors (Lipinski definition) is 2. The van der Waals surface area contributed by atoms with Gasteiger partial charge in [0.05, 0.1) is 0 Å². The number of carbonyl (C=O) groups excluding carboxylic acids is 1. The predicted octanol–water partition coefficient (Wildman–Crippen LogP) is 4.59. The molecule has 1 N–H and O–H groups in total. The highest BCUT2D eigenvalue weighted by atomic mass is 19.1. The van der Waals surface area contributed by atoms with E-state index in [0.29, 0.717) is 17.0 Å². The van der Waals surface area contributed by atoms with Crippen LogP contribution >= 0.6 is 0 Å². The number of nitrogens with one attached hydrogen (secondary N) is 1. The van der Waals surface area contributed by atoms with E-state index in [2.05, 4.69) is 37.2 Å². The zero-order valence-electron chi connectivity index (χ0n) is 15.8. The van der Waals surface area contributed by atoms with Gasteiger partial charge in [0.15, 0.2) is 0 Å². The second kappa shape index (κ2) is 8.00. The number of halogens is 1. The van der Waals surface area contributed by atoms with E-state index in [0.717, 1.165) is 37.2 Å². The van der Waals surface area contributed by atoms with E-state index in [-0.39, 0.29) is 5.91 Å². The van der Waals surface area contributed by atoms with Gasteiger partial charge in [-0.3, -0.25) is 4.79 Å². The number of fused-ring (bicyclic) bond motifs is 1. The molecule has 0 aliphatic carbocycles. The Balaban J connectivity index is 1.77. The lowest BCUT2D eigenvalue weighted by atomic mass is 9.96. The van der Waals surface area contributed by atoms with Crippen molar-refractivity contribution < 1.29 is 9.18 Å². The highest BCUT2D eigenvalue weighted by Crippen LogP contribution is 2.23. The average Bonchev–Trinajstić information content (AvgIpc) is 2.61. The van der Waals surface area contributed by atoms with Crippen molar-refractivity contribution in [2.75, 3.05) is 18.9 Å². The van der Waals surface area contributed by atoms with Crippen LogP contribution < -0.4 is 5.32 Å². The van der Waals surface area contributed by atoms with Gasteiger partial charge in [0.1, 0.15) is 6.67 Å². The van der Waals surface area contributed by atoms with E-state index in [1.165, 1.54) is 11.1 Å². The molecule has 1 aliphatic heterocycles. The second-order valence-electron chi connectivity index (χ2n) is 7.64. The summed E-state index contributed by atoms with van der Waals surface area (Å²) < 4.78 is 13.4. The van der Waals surface area contributed by atoms with Gasteiger partial charge in [0, 0.05) is 24.3 Å². The number of amides is 1. The number of benzene rings is 2. The lowest BCUT2D eigenvalue weighted by Crippen LogP contribution is -2.26. The number of likely N-dealkylation sites (N-methyl/N-ethyl adjacent to an activating group) is 1. The normalized spacial score (nSPS) is 14.3. The fourth-order valence-electron chi connectivity index (χ4n) is 3.51. The van der Waals surface area contributed by atoms with Crippen LogP contribution in [0.2, 0.25) is 0 Å². The lowest BCUT2D eigenvalue weighted by Gasteiger charge is -2.25. The molecule has 2 aromatic rings. The molecule has 0 atom stereocenters. The quantitative estimate of drug-likeness (QED) is 0.851. The molecule has 1 amide bonds. The summed E-state index contributed by atoms with van der Waals surface area (Å²) in [6.07, 6.45) is 1.86. The Kier molecular flexibility index (Phi) is 5.72. The Hall–Kier alpha value is -2.20. The Labute approximate surface area is 155 Å². The van der Waals surface area contributed by atoms with E-state index in [1.807, 2.05) is 18.2 Å². The Morgan fingerprint density at radius 1 is 1.15 bits per heavy atom. The smallest absolute Gasteiger partial charge is 0.255 e. The van der Waals surface area contributed by atoms with E-state index < -0.39 is 6.67 Å². The molecule has 138 valence electrons. The molecule has 0 saturated heterocycles. The molecule has 1 heterocycles. The van der Waals surface area contributed by atoms with Crippen LogP contribution in [0, 0.1) is 5.92 Å². The van der Waals surface area contributed by atoms with Crippen molar-refractivity contribution in [1.82, 2.24) is 4.90 Å². The molecule has 0 unspecified atom stereocenters. The van der Waals surface area contributed by atoms with Crippen molar-refractivity contribution in [2.45, 2.75) is 39.9 Å². The van der Waals surface area contributed by atoms with Gasteiger partial charge < -0.3 is 10.2 Å². The topological polar surface area (TPSA) is 32.3 Å². The van der Waals surface area contributed by atoms with Gasteiger partial charge in [0.2, 0.25) is 0 Å². The van der Waals surface area contributed by atoms with Gasteiger partial charge in [0.25, 0.3) is 5.91 Å². The number of alkyl halides is 1. The van der Waals surface area contributed by atoms with Crippen molar-refractivity contribution >= 4 is 11.6 Å². The first-order chi connectivity index (χ1) is 12.5. The molecule has 1 aliphatic rings. The third-order valence-corrected chi connectivity index (χ3v) is 4.91. The fourth-order valence-corrected chi connectivity index (χ4v) is 3.51. The van der Waals surface area contributed by atoms with E-state index in [1.54, 1.807) is 12.1 Å². The maximum absolute atomic E-state index is 13.4. The SMILES string of the molecule is CC(C)Cc1ccc(C(=O)Nc2ccc3c(c2)CN(C)CC3)cc1CF. The molecule has 2 aromatic carbocycles. The van der Waals surface area contributed by atoms with E-state index in [9.17, 15) is 9.18 Å². The molecule has 0 radical (unpaired) electrons. The largest absolute Gasteiger partial charge is 0.322 e. The molecule has 0 saturated carbocycles. The molecule has 3 nitrogen and oxygen atoms in total. The summed E-state index contributed by atoms with van der Waals surface area (Å²) in [7, 11) is 2.10. The summed E-state index contributed by atoms with van der Waals surface area (Å²) in [6, 6.07) is 11.4. The van der Waals surface area contributed by atoms with Crippen LogP contribution in [0.5, 0.6) is 0 Å². The van der Waals surface area contributed by atoms with E-state index >= 15 is 0 Å². The van der Waals surface area contributed by atoms with Crippen LogP contribution in [-0.2, 0) is 26.1 Å². The molecule has 3 rings (SSSR count).